The lowest BCUT2D eigenvalue weighted by Gasteiger charge is -2.53. The van der Waals surface area contributed by atoms with Crippen LogP contribution >= 0.6 is 0 Å². The van der Waals surface area contributed by atoms with Crippen LogP contribution in [0.15, 0.2) is 24.7 Å². The number of hydrogen-bond acceptors (Lipinski definition) is 5. The number of hydrogen-bond donors (Lipinski definition) is 0. The van der Waals surface area contributed by atoms with Crippen LogP contribution in [0.1, 0.15) is 72.0 Å². The molecule has 0 aromatic carbocycles. The molecule has 1 unspecified atom stereocenters. The molecule has 8 heteroatoms. The van der Waals surface area contributed by atoms with Crippen molar-refractivity contribution in [2.24, 2.45) is 5.41 Å². The molecule has 0 N–H and O–H groups in total. The van der Waals surface area contributed by atoms with Crippen LogP contribution in [-0.4, -0.2) is 67.8 Å². The van der Waals surface area contributed by atoms with Gasteiger partial charge < -0.3 is 9.80 Å². The van der Waals surface area contributed by atoms with E-state index in [9.17, 15) is 9.59 Å². The van der Waals surface area contributed by atoms with Gasteiger partial charge in [-0.05, 0) is 63.5 Å². The highest BCUT2D eigenvalue weighted by molar-refractivity contribution is 5.94. The third-order valence-electron chi connectivity index (χ3n) is 6.89. The summed E-state index contributed by atoms with van der Waals surface area (Å²) in [4.78, 5) is 33.2. The standard InChI is InChI=1S/C22H30N6O2/c1-4-26(5-2)21(30)18-15-28(25-24-18)19-6-7-22(19)8-10-27(11-9-22)20(29)17-12-16(3)13-23-14-17/h12-15,19H,4-11H2,1-3H3. The maximum atomic E-state index is 12.8. The normalized spacial score (nSPS) is 20.1. The molecule has 1 aliphatic heterocycles. The molecular formula is C22H30N6O2. The van der Waals surface area contributed by atoms with Crippen LogP contribution in [0.3, 0.4) is 0 Å². The minimum atomic E-state index is -0.0631. The van der Waals surface area contributed by atoms with Gasteiger partial charge in [0.1, 0.15) is 0 Å². The maximum absolute atomic E-state index is 12.8. The van der Waals surface area contributed by atoms with Crippen molar-refractivity contribution >= 4 is 11.8 Å². The number of carbonyl (C=O) groups is 2. The quantitative estimate of drug-likeness (QED) is 0.757. The van der Waals surface area contributed by atoms with E-state index < -0.39 is 0 Å². The Balaban J connectivity index is 1.42. The Morgan fingerprint density at radius 3 is 2.50 bits per heavy atom. The summed E-state index contributed by atoms with van der Waals surface area (Å²) in [5.41, 5.74) is 2.21. The maximum Gasteiger partial charge on any atom is 0.276 e. The Bertz CT molecular complexity index is 927. The molecule has 2 fully saturated rings. The average Bonchev–Trinajstić information content (AvgIpc) is 3.22. The zero-order valence-corrected chi connectivity index (χ0v) is 18.0. The highest BCUT2D eigenvalue weighted by Crippen LogP contribution is 2.56. The molecule has 0 radical (unpaired) electrons. The predicted octanol–water partition coefficient (Wildman–Crippen LogP) is 2.72. The summed E-state index contributed by atoms with van der Waals surface area (Å²) in [6, 6.07) is 2.15. The molecule has 1 atom stereocenters. The van der Waals surface area contributed by atoms with Crippen molar-refractivity contribution in [3.8, 4) is 0 Å². The van der Waals surface area contributed by atoms with Gasteiger partial charge in [-0.3, -0.25) is 14.6 Å². The Morgan fingerprint density at radius 1 is 1.17 bits per heavy atom. The third-order valence-corrected chi connectivity index (χ3v) is 6.89. The average molecular weight is 411 g/mol. The van der Waals surface area contributed by atoms with Gasteiger partial charge in [0.2, 0.25) is 0 Å². The number of piperidine rings is 1. The van der Waals surface area contributed by atoms with Gasteiger partial charge in [0.15, 0.2) is 5.69 Å². The van der Waals surface area contributed by atoms with Crippen LogP contribution in [0.4, 0.5) is 0 Å². The number of likely N-dealkylation sites (tertiary alicyclic amines) is 1. The lowest BCUT2D eigenvalue weighted by Crippen LogP contribution is -2.51. The van der Waals surface area contributed by atoms with E-state index in [2.05, 4.69) is 15.3 Å². The van der Waals surface area contributed by atoms with Crippen LogP contribution in [0.5, 0.6) is 0 Å². The van der Waals surface area contributed by atoms with Crippen molar-refractivity contribution in [2.75, 3.05) is 26.2 Å². The summed E-state index contributed by atoms with van der Waals surface area (Å²) in [5, 5.41) is 8.46. The van der Waals surface area contributed by atoms with Gasteiger partial charge in [0.05, 0.1) is 17.8 Å². The number of pyridine rings is 1. The van der Waals surface area contributed by atoms with Crippen molar-refractivity contribution in [1.29, 1.82) is 0 Å². The van der Waals surface area contributed by atoms with E-state index in [-0.39, 0.29) is 23.3 Å². The zero-order chi connectivity index (χ0) is 21.3. The summed E-state index contributed by atoms with van der Waals surface area (Å²) in [6.07, 6.45) is 9.28. The van der Waals surface area contributed by atoms with E-state index in [1.54, 1.807) is 17.3 Å². The molecule has 30 heavy (non-hydrogen) atoms. The van der Waals surface area contributed by atoms with Gasteiger partial charge in [-0.2, -0.15) is 0 Å². The van der Waals surface area contributed by atoms with E-state index >= 15 is 0 Å². The van der Waals surface area contributed by atoms with Crippen molar-refractivity contribution < 1.29 is 9.59 Å². The largest absolute Gasteiger partial charge is 0.339 e. The van der Waals surface area contributed by atoms with Crippen molar-refractivity contribution in [3.05, 3.63) is 41.5 Å². The summed E-state index contributed by atoms with van der Waals surface area (Å²) >= 11 is 0. The number of aromatic nitrogens is 4. The van der Waals surface area contributed by atoms with E-state index in [1.165, 1.54) is 0 Å². The minimum absolute atomic E-state index is 0.0600. The van der Waals surface area contributed by atoms with E-state index in [1.807, 2.05) is 42.6 Å². The topological polar surface area (TPSA) is 84.2 Å². The van der Waals surface area contributed by atoms with Gasteiger partial charge in [-0.15, -0.1) is 5.10 Å². The van der Waals surface area contributed by atoms with Crippen molar-refractivity contribution in [3.63, 3.8) is 0 Å². The monoisotopic (exact) mass is 410 g/mol. The number of amides is 2. The molecule has 0 bridgehead atoms. The second kappa shape index (κ2) is 8.16. The highest BCUT2D eigenvalue weighted by atomic mass is 16.2. The molecule has 2 aromatic heterocycles. The molecule has 8 nitrogen and oxygen atoms in total. The molecular weight excluding hydrogens is 380 g/mol. The first-order valence-electron chi connectivity index (χ1n) is 10.9. The minimum Gasteiger partial charge on any atom is -0.339 e. The fraction of sp³-hybridized carbons (Fsp3) is 0.591. The molecule has 1 spiro atoms. The fourth-order valence-corrected chi connectivity index (χ4v) is 4.89. The van der Waals surface area contributed by atoms with E-state index in [0.717, 1.165) is 44.3 Å². The fourth-order valence-electron chi connectivity index (χ4n) is 4.89. The lowest BCUT2D eigenvalue weighted by molar-refractivity contribution is -0.0268. The molecule has 2 aliphatic rings. The molecule has 1 saturated heterocycles. The highest BCUT2D eigenvalue weighted by Gasteiger charge is 2.50. The van der Waals surface area contributed by atoms with Crippen molar-refractivity contribution in [1.82, 2.24) is 29.8 Å². The Hall–Kier alpha value is -2.77. The van der Waals surface area contributed by atoms with Gasteiger partial charge in [0.25, 0.3) is 11.8 Å². The van der Waals surface area contributed by atoms with Crippen LogP contribution in [0.2, 0.25) is 0 Å². The van der Waals surface area contributed by atoms with Gasteiger partial charge >= 0.3 is 0 Å². The van der Waals surface area contributed by atoms with Gasteiger partial charge in [0, 0.05) is 38.6 Å². The van der Waals surface area contributed by atoms with E-state index in [4.69, 9.17) is 0 Å². The van der Waals surface area contributed by atoms with Crippen LogP contribution in [0.25, 0.3) is 0 Å². The SMILES string of the molecule is CCN(CC)C(=O)c1cn(C2CCC23CCN(C(=O)c2cncc(C)c2)CC3)nn1. The summed E-state index contributed by atoms with van der Waals surface area (Å²) < 4.78 is 1.89. The number of rotatable bonds is 5. The molecule has 3 heterocycles. The van der Waals surface area contributed by atoms with Gasteiger partial charge in [-0.25, -0.2) is 4.68 Å². The molecule has 4 rings (SSSR count). The molecule has 1 saturated carbocycles. The van der Waals surface area contributed by atoms with Crippen LogP contribution in [0, 0.1) is 12.3 Å². The molecule has 1 aliphatic carbocycles. The summed E-state index contributed by atoms with van der Waals surface area (Å²) in [6.45, 7) is 8.69. The Morgan fingerprint density at radius 2 is 1.90 bits per heavy atom. The zero-order valence-electron chi connectivity index (χ0n) is 18.0. The summed E-state index contributed by atoms with van der Waals surface area (Å²) in [7, 11) is 0. The third kappa shape index (κ3) is 3.59. The smallest absolute Gasteiger partial charge is 0.276 e. The Labute approximate surface area is 177 Å². The molecule has 160 valence electrons. The van der Waals surface area contributed by atoms with Crippen LogP contribution in [-0.2, 0) is 0 Å². The lowest BCUT2D eigenvalue weighted by atomic mass is 9.59. The number of carbonyl (C=O) groups excluding carboxylic acids is 2. The molecule has 2 aromatic rings. The van der Waals surface area contributed by atoms with Gasteiger partial charge in [-0.1, -0.05) is 5.21 Å². The number of nitrogens with zero attached hydrogens (tertiary/aromatic N) is 6. The molecule has 2 amide bonds. The first kappa shape index (κ1) is 20.5. The number of aryl methyl sites for hydroxylation is 1. The van der Waals surface area contributed by atoms with Crippen molar-refractivity contribution in [2.45, 2.75) is 52.5 Å². The first-order valence-corrected chi connectivity index (χ1v) is 10.9. The summed E-state index contributed by atoms with van der Waals surface area (Å²) in [5.74, 6) is -0.00316. The Kier molecular flexibility index (Phi) is 5.58. The first-order chi connectivity index (χ1) is 14.5. The van der Waals surface area contributed by atoms with Crippen LogP contribution < -0.4 is 0 Å². The second-order valence-electron chi connectivity index (χ2n) is 8.52. The predicted molar refractivity (Wildman–Crippen MR) is 112 cm³/mol. The second-order valence-corrected chi connectivity index (χ2v) is 8.52. The van der Waals surface area contributed by atoms with E-state index in [0.29, 0.717) is 24.3 Å².